The number of hydrogen-bond acceptors (Lipinski definition) is 3. The molecule has 0 aliphatic rings. The fourth-order valence-electron chi connectivity index (χ4n) is 0.481. The van der Waals surface area contributed by atoms with E-state index in [0.717, 1.165) is 0 Å². The number of rotatable bonds is 3. The topological polar surface area (TPSA) is 27.7 Å². The standard InChI is InChI=1S/C6H16O3Si.C3H6/c1-6(2,3)9-10(7-4)8-5;1-3-2/h10H,1-5H3;3H,1H2,2H3. The third kappa shape index (κ3) is 14.7. The molecule has 80 valence electrons. The van der Waals surface area contributed by atoms with Gasteiger partial charge in [0, 0.05) is 14.2 Å². The highest BCUT2D eigenvalue weighted by Gasteiger charge is 2.20. The molecule has 13 heavy (non-hydrogen) atoms. The molecule has 0 amide bonds. The second-order valence-corrected chi connectivity index (χ2v) is 5.15. The van der Waals surface area contributed by atoms with Gasteiger partial charge in [-0.1, -0.05) is 6.08 Å². The van der Waals surface area contributed by atoms with Gasteiger partial charge >= 0.3 is 9.53 Å². The third-order valence-corrected chi connectivity index (χ3v) is 2.50. The van der Waals surface area contributed by atoms with E-state index in [1.54, 1.807) is 20.3 Å². The Morgan fingerprint density at radius 2 is 1.46 bits per heavy atom. The molecular formula is C9H22O3Si. The summed E-state index contributed by atoms with van der Waals surface area (Å²) in [6.45, 7) is 11.2. The first-order valence-electron chi connectivity index (χ1n) is 4.21. The lowest BCUT2D eigenvalue weighted by Gasteiger charge is -2.23. The van der Waals surface area contributed by atoms with Crippen LogP contribution in [-0.2, 0) is 13.3 Å². The molecule has 0 heterocycles. The average molecular weight is 206 g/mol. The molecule has 0 radical (unpaired) electrons. The van der Waals surface area contributed by atoms with Crippen molar-refractivity contribution in [1.29, 1.82) is 0 Å². The van der Waals surface area contributed by atoms with Crippen LogP contribution in [0.5, 0.6) is 0 Å². The molecule has 4 heteroatoms. The fourth-order valence-corrected chi connectivity index (χ4v) is 1.44. The van der Waals surface area contributed by atoms with Gasteiger partial charge in [0.25, 0.3) is 0 Å². The third-order valence-electron chi connectivity index (χ3n) is 0.835. The summed E-state index contributed by atoms with van der Waals surface area (Å²) in [5, 5.41) is 0. The lowest BCUT2D eigenvalue weighted by atomic mass is 10.2. The predicted molar refractivity (Wildman–Crippen MR) is 57.9 cm³/mol. The van der Waals surface area contributed by atoms with Crippen molar-refractivity contribution < 1.29 is 13.3 Å². The van der Waals surface area contributed by atoms with Crippen LogP contribution in [0.4, 0.5) is 0 Å². The molecule has 0 saturated heterocycles. The SMILES string of the molecule is C=CC.CO[SiH](OC)OC(C)(C)C. The first-order valence-corrected chi connectivity index (χ1v) is 5.63. The highest BCUT2D eigenvalue weighted by molar-refractivity contribution is 6.36. The molecule has 0 aromatic rings. The van der Waals surface area contributed by atoms with Crippen molar-refractivity contribution in [3.63, 3.8) is 0 Å². The summed E-state index contributed by atoms with van der Waals surface area (Å²) in [4.78, 5) is 0. The number of allylic oxidation sites excluding steroid dienone is 1. The van der Waals surface area contributed by atoms with Gasteiger partial charge in [0.05, 0.1) is 5.60 Å². The summed E-state index contributed by atoms with van der Waals surface area (Å²) in [7, 11) is 1.39. The minimum Gasteiger partial charge on any atom is -0.379 e. The molecule has 0 fully saturated rings. The summed E-state index contributed by atoms with van der Waals surface area (Å²) in [6, 6.07) is 0. The van der Waals surface area contributed by atoms with Crippen molar-refractivity contribution in [3.05, 3.63) is 12.7 Å². The van der Waals surface area contributed by atoms with Crippen molar-refractivity contribution in [2.75, 3.05) is 14.2 Å². The molecule has 3 nitrogen and oxygen atoms in total. The zero-order valence-corrected chi connectivity index (χ0v) is 10.7. The molecule has 0 bridgehead atoms. The first kappa shape index (κ1) is 15.3. The van der Waals surface area contributed by atoms with E-state index in [0.29, 0.717) is 0 Å². The summed E-state index contributed by atoms with van der Waals surface area (Å²) in [6.07, 6.45) is 1.75. The minimum atomic E-state index is -1.82. The molecule has 0 aromatic heterocycles. The zero-order valence-electron chi connectivity index (χ0n) is 9.59. The van der Waals surface area contributed by atoms with Crippen molar-refractivity contribution in [2.45, 2.75) is 33.3 Å². The maximum Gasteiger partial charge on any atom is 0.484 e. The van der Waals surface area contributed by atoms with Crippen LogP contribution < -0.4 is 0 Å². The van der Waals surface area contributed by atoms with Crippen LogP contribution in [0, 0.1) is 0 Å². The van der Waals surface area contributed by atoms with Gasteiger partial charge in [-0.2, -0.15) is 0 Å². The van der Waals surface area contributed by atoms with Gasteiger partial charge in [-0.25, -0.2) is 0 Å². The van der Waals surface area contributed by atoms with E-state index in [1.165, 1.54) is 0 Å². The highest BCUT2D eigenvalue weighted by Crippen LogP contribution is 2.08. The van der Waals surface area contributed by atoms with Crippen molar-refractivity contribution >= 4 is 9.53 Å². The molecule has 0 aliphatic heterocycles. The van der Waals surface area contributed by atoms with Crippen LogP contribution in [0.1, 0.15) is 27.7 Å². The Balaban J connectivity index is 0. The lowest BCUT2D eigenvalue weighted by molar-refractivity contribution is 0.0430. The summed E-state index contributed by atoms with van der Waals surface area (Å²) < 4.78 is 15.4. The van der Waals surface area contributed by atoms with Crippen LogP contribution >= 0.6 is 0 Å². The molecular weight excluding hydrogens is 184 g/mol. The van der Waals surface area contributed by atoms with Gasteiger partial charge < -0.3 is 13.3 Å². The molecule has 0 unspecified atom stereocenters. The Labute approximate surface area is 83.7 Å². The van der Waals surface area contributed by atoms with Crippen LogP contribution in [0.2, 0.25) is 0 Å². The van der Waals surface area contributed by atoms with Crippen LogP contribution in [0.3, 0.4) is 0 Å². The van der Waals surface area contributed by atoms with E-state index in [2.05, 4.69) is 6.58 Å². The van der Waals surface area contributed by atoms with E-state index in [4.69, 9.17) is 13.3 Å². The molecule has 0 saturated carbocycles. The van der Waals surface area contributed by atoms with Crippen LogP contribution in [0.15, 0.2) is 12.7 Å². The summed E-state index contributed by atoms with van der Waals surface area (Å²) in [5.41, 5.74) is -0.164. The quantitative estimate of drug-likeness (QED) is 0.522. The Bertz CT molecular complexity index is 117. The lowest BCUT2D eigenvalue weighted by Crippen LogP contribution is -2.34. The van der Waals surface area contributed by atoms with Crippen molar-refractivity contribution in [1.82, 2.24) is 0 Å². The molecule has 0 spiro atoms. The summed E-state index contributed by atoms with van der Waals surface area (Å²) >= 11 is 0. The zero-order chi connectivity index (χ0) is 10.9. The predicted octanol–water partition coefficient (Wildman–Crippen LogP) is 2.00. The van der Waals surface area contributed by atoms with Crippen LogP contribution in [-0.4, -0.2) is 29.3 Å². The Kier molecular flexibility index (Phi) is 9.94. The second kappa shape index (κ2) is 8.44. The van der Waals surface area contributed by atoms with Gasteiger partial charge in [-0.05, 0) is 27.7 Å². The fraction of sp³-hybridized carbons (Fsp3) is 0.778. The Morgan fingerprint density at radius 1 is 1.15 bits per heavy atom. The average Bonchev–Trinajstić information content (AvgIpc) is 2.00. The van der Waals surface area contributed by atoms with Gasteiger partial charge in [0.15, 0.2) is 0 Å². The molecule has 0 atom stereocenters. The maximum absolute atomic E-state index is 5.43. The van der Waals surface area contributed by atoms with Gasteiger partial charge in [0.2, 0.25) is 0 Å². The molecule has 0 aliphatic carbocycles. The largest absolute Gasteiger partial charge is 0.484 e. The first-order chi connectivity index (χ1) is 5.91. The smallest absolute Gasteiger partial charge is 0.379 e. The molecule has 0 rings (SSSR count). The number of hydrogen-bond donors (Lipinski definition) is 0. The Morgan fingerprint density at radius 3 is 1.54 bits per heavy atom. The van der Waals surface area contributed by atoms with Gasteiger partial charge in [0.1, 0.15) is 0 Å². The van der Waals surface area contributed by atoms with E-state index in [9.17, 15) is 0 Å². The Hall–Kier alpha value is -0.163. The second-order valence-electron chi connectivity index (χ2n) is 3.40. The highest BCUT2D eigenvalue weighted by atomic mass is 28.3. The van der Waals surface area contributed by atoms with Gasteiger partial charge in [-0.3, -0.25) is 0 Å². The van der Waals surface area contributed by atoms with Gasteiger partial charge in [-0.15, -0.1) is 6.58 Å². The molecule has 0 aromatic carbocycles. The maximum atomic E-state index is 5.43. The van der Waals surface area contributed by atoms with E-state index < -0.39 is 9.53 Å². The van der Waals surface area contributed by atoms with Crippen molar-refractivity contribution in [2.24, 2.45) is 0 Å². The van der Waals surface area contributed by atoms with E-state index in [-0.39, 0.29) is 5.60 Å². The van der Waals surface area contributed by atoms with Crippen molar-refractivity contribution in [3.8, 4) is 0 Å². The van der Waals surface area contributed by atoms with E-state index >= 15 is 0 Å². The monoisotopic (exact) mass is 206 g/mol. The normalized spacial score (nSPS) is 10.7. The van der Waals surface area contributed by atoms with E-state index in [1.807, 2.05) is 27.7 Å². The minimum absolute atomic E-state index is 0.164. The summed E-state index contributed by atoms with van der Waals surface area (Å²) in [5.74, 6) is 0. The van der Waals surface area contributed by atoms with Crippen LogP contribution in [0.25, 0.3) is 0 Å². The molecule has 0 N–H and O–H groups in total.